The molecule has 0 saturated carbocycles. The lowest BCUT2D eigenvalue weighted by atomic mass is 10.3. The van der Waals surface area contributed by atoms with E-state index in [0.717, 1.165) is 12.2 Å². The largest absolute Gasteiger partial charge is 0.487 e. The van der Waals surface area contributed by atoms with Crippen molar-refractivity contribution >= 4 is 5.91 Å². The number of hydrogen-bond acceptors (Lipinski definition) is 5. The standard InChI is InChI=1S/C16H22N4O3/c1-13(16(21)17-9-6-10-22-2)20-11-14(18-19-20)12-23-15-7-4-3-5-8-15/h3-5,7-8,11,13H,6,9-10,12H2,1-2H3,(H,17,21). The highest BCUT2D eigenvalue weighted by molar-refractivity contribution is 5.79. The molecule has 1 unspecified atom stereocenters. The van der Waals surface area contributed by atoms with Crippen molar-refractivity contribution in [1.82, 2.24) is 20.3 Å². The molecule has 7 heteroatoms. The van der Waals surface area contributed by atoms with Gasteiger partial charge in [-0.1, -0.05) is 23.4 Å². The molecule has 0 saturated heterocycles. The van der Waals surface area contributed by atoms with Gasteiger partial charge in [0.25, 0.3) is 0 Å². The monoisotopic (exact) mass is 318 g/mol. The van der Waals surface area contributed by atoms with Gasteiger partial charge in [0.05, 0.1) is 6.20 Å². The van der Waals surface area contributed by atoms with Gasteiger partial charge in [-0.2, -0.15) is 0 Å². The predicted octanol–water partition coefficient (Wildman–Crippen LogP) is 1.57. The molecular formula is C16H22N4O3. The third kappa shape index (κ3) is 5.37. The first-order valence-electron chi connectivity index (χ1n) is 7.56. The van der Waals surface area contributed by atoms with Crippen LogP contribution in [0.25, 0.3) is 0 Å². The number of benzene rings is 1. The van der Waals surface area contributed by atoms with Gasteiger partial charge in [-0.05, 0) is 25.5 Å². The number of rotatable bonds is 9. The van der Waals surface area contributed by atoms with E-state index in [9.17, 15) is 4.79 Å². The maximum absolute atomic E-state index is 12.0. The fourth-order valence-corrected chi connectivity index (χ4v) is 1.94. The number of para-hydroxylation sites is 1. The molecular weight excluding hydrogens is 296 g/mol. The Kier molecular flexibility index (Phi) is 6.56. The van der Waals surface area contributed by atoms with Gasteiger partial charge < -0.3 is 14.8 Å². The number of carbonyl (C=O) groups is 1. The van der Waals surface area contributed by atoms with Gasteiger partial charge in [-0.15, -0.1) is 5.10 Å². The van der Waals surface area contributed by atoms with Crippen LogP contribution in [0.1, 0.15) is 25.1 Å². The van der Waals surface area contributed by atoms with Gasteiger partial charge in [0.15, 0.2) is 0 Å². The van der Waals surface area contributed by atoms with E-state index in [1.165, 1.54) is 4.68 Å². The zero-order chi connectivity index (χ0) is 16.5. The first kappa shape index (κ1) is 17.0. The van der Waals surface area contributed by atoms with E-state index < -0.39 is 6.04 Å². The van der Waals surface area contributed by atoms with E-state index in [2.05, 4.69) is 15.6 Å². The van der Waals surface area contributed by atoms with Gasteiger partial charge >= 0.3 is 0 Å². The Hall–Kier alpha value is -2.41. The molecule has 124 valence electrons. The van der Waals surface area contributed by atoms with Crippen LogP contribution < -0.4 is 10.1 Å². The van der Waals surface area contributed by atoms with Crippen LogP contribution in [0, 0.1) is 0 Å². The Labute approximate surface area is 135 Å². The average molecular weight is 318 g/mol. The molecule has 1 aromatic carbocycles. The molecule has 7 nitrogen and oxygen atoms in total. The third-order valence-electron chi connectivity index (χ3n) is 3.29. The number of aromatic nitrogens is 3. The first-order valence-corrected chi connectivity index (χ1v) is 7.56. The normalized spacial score (nSPS) is 11.9. The maximum atomic E-state index is 12.0. The van der Waals surface area contributed by atoms with E-state index in [0.29, 0.717) is 25.5 Å². The molecule has 1 atom stereocenters. The van der Waals surface area contributed by atoms with E-state index in [1.54, 1.807) is 20.2 Å². The fraction of sp³-hybridized carbons (Fsp3) is 0.438. The number of carbonyl (C=O) groups excluding carboxylic acids is 1. The number of ether oxygens (including phenoxy) is 2. The molecule has 1 aromatic heterocycles. The van der Waals surface area contributed by atoms with Crippen LogP contribution in [0.5, 0.6) is 5.75 Å². The highest BCUT2D eigenvalue weighted by Crippen LogP contribution is 2.11. The summed E-state index contributed by atoms with van der Waals surface area (Å²) in [6.45, 7) is 3.29. The number of hydrogen-bond donors (Lipinski definition) is 1. The number of nitrogens with one attached hydrogen (secondary N) is 1. The van der Waals surface area contributed by atoms with Gasteiger partial charge in [-0.3, -0.25) is 4.79 Å². The van der Waals surface area contributed by atoms with E-state index in [1.807, 2.05) is 30.3 Å². The smallest absolute Gasteiger partial charge is 0.244 e. The summed E-state index contributed by atoms with van der Waals surface area (Å²) < 4.78 is 12.1. The van der Waals surface area contributed by atoms with Crippen LogP contribution in [-0.4, -0.2) is 41.2 Å². The Bertz CT molecular complexity index is 600. The SMILES string of the molecule is COCCCNC(=O)C(C)n1cc(COc2ccccc2)nn1. The highest BCUT2D eigenvalue weighted by atomic mass is 16.5. The van der Waals surface area contributed by atoms with Gasteiger partial charge in [0.2, 0.25) is 5.91 Å². The van der Waals surface area contributed by atoms with Crippen LogP contribution in [0.3, 0.4) is 0 Å². The Balaban J connectivity index is 1.82. The second-order valence-electron chi connectivity index (χ2n) is 5.10. The minimum atomic E-state index is -0.421. The van der Waals surface area contributed by atoms with Crippen molar-refractivity contribution in [2.75, 3.05) is 20.3 Å². The maximum Gasteiger partial charge on any atom is 0.244 e. The van der Waals surface area contributed by atoms with Crippen molar-refractivity contribution < 1.29 is 14.3 Å². The van der Waals surface area contributed by atoms with Crippen molar-refractivity contribution in [2.45, 2.75) is 26.0 Å². The molecule has 0 radical (unpaired) electrons. The third-order valence-corrected chi connectivity index (χ3v) is 3.29. The van der Waals surface area contributed by atoms with Crippen LogP contribution in [0.2, 0.25) is 0 Å². The van der Waals surface area contributed by atoms with E-state index in [4.69, 9.17) is 9.47 Å². The van der Waals surface area contributed by atoms with Crippen LogP contribution in [-0.2, 0) is 16.1 Å². The van der Waals surface area contributed by atoms with Crippen molar-refractivity contribution in [3.8, 4) is 5.75 Å². The summed E-state index contributed by atoms with van der Waals surface area (Å²) in [5.74, 6) is 0.674. The molecule has 23 heavy (non-hydrogen) atoms. The van der Waals surface area contributed by atoms with E-state index in [-0.39, 0.29) is 5.91 Å². The Morgan fingerprint density at radius 2 is 2.13 bits per heavy atom. The lowest BCUT2D eigenvalue weighted by Gasteiger charge is -2.11. The molecule has 0 fully saturated rings. The minimum Gasteiger partial charge on any atom is -0.487 e. The molecule has 1 amide bonds. The molecule has 0 aliphatic heterocycles. The molecule has 2 aromatic rings. The van der Waals surface area contributed by atoms with Crippen molar-refractivity contribution in [2.24, 2.45) is 0 Å². The van der Waals surface area contributed by atoms with Gasteiger partial charge in [0.1, 0.15) is 24.1 Å². The average Bonchev–Trinajstić information content (AvgIpc) is 3.06. The van der Waals surface area contributed by atoms with Crippen LogP contribution >= 0.6 is 0 Å². The zero-order valence-corrected chi connectivity index (χ0v) is 13.4. The Morgan fingerprint density at radius 1 is 1.35 bits per heavy atom. The topological polar surface area (TPSA) is 78.3 Å². The lowest BCUT2D eigenvalue weighted by Crippen LogP contribution is -2.32. The number of methoxy groups -OCH3 is 1. The molecule has 1 N–H and O–H groups in total. The minimum absolute atomic E-state index is 0.0958. The molecule has 2 rings (SSSR count). The molecule has 0 bridgehead atoms. The lowest BCUT2D eigenvalue weighted by molar-refractivity contribution is -0.124. The van der Waals surface area contributed by atoms with Crippen molar-refractivity contribution in [1.29, 1.82) is 0 Å². The number of amides is 1. The number of nitrogens with zero attached hydrogens (tertiary/aromatic N) is 3. The van der Waals surface area contributed by atoms with E-state index >= 15 is 0 Å². The predicted molar refractivity (Wildman–Crippen MR) is 85.0 cm³/mol. The Morgan fingerprint density at radius 3 is 2.87 bits per heavy atom. The molecule has 1 heterocycles. The van der Waals surface area contributed by atoms with Gasteiger partial charge in [0, 0.05) is 20.3 Å². The fourth-order valence-electron chi connectivity index (χ4n) is 1.94. The van der Waals surface area contributed by atoms with Crippen molar-refractivity contribution in [3.63, 3.8) is 0 Å². The van der Waals surface area contributed by atoms with Gasteiger partial charge in [-0.25, -0.2) is 4.68 Å². The van der Waals surface area contributed by atoms with Crippen LogP contribution in [0.15, 0.2) is 36.5 Å². The summed E-state index contributed by atoms with van der Waals surface area (Å²) in [6, 6.07) is 9.07. The quantitative estimate of drug-likeness (QED) is 0.710. The summed E-state index contributed by atoms with van der Waals surface area (Å²) in [4.78, 5) is 12.0. The molecule has 0 aliphatic rings. The van der Waals surface area contributed by atoms with Crippen LogP contribution in [0.4, 0.5) is 0 Å². The second kappa shape index (κ2) is 8.89. The van der Waals surface area contributed by atoms with Crippen molar-refractivity contribution in [3.05, 3.63) is 42.2 Å². The second-order valence-corrected chi connectivity index (χ2v) is 5.10. The summed E-state index contributed by atoms with van der Waals surface area (Å²) in [5.41, 5.74) is 0.674. The summed E-state index contributed by atoms with van der Waals surface area (Å²) in [7, 11) is 1.64. The summed E-state index contributed by atoms with van der Waals surface area (Å²) >= 11 is 0. The first-order chi connectivity index (χ1) is 11.2. The highest BCUT2D eigenvalue weighted by Gasteiger charge is 2.16. The molecule has 0 spiro atoms. The molecule has 0 aliphatic carbocycles. The zero-order valence-electron chi connectivity index (χ0n) is 13.4. The summed E-state index contributed by atoms with van der Waals surface area (Å²) in [6.07, 6.45) is 2.50. The summed E-state index contributed by atoms with van der Waals surface area (Å²) in [5, 5.41) is 10.9.